The lowest BCUT2D eigenvalue weighted by atomic mass is 10.0. The molecule has 1 aliphatic heterocycles. The molecule has 0 aromatic heterocycles. The molecule has 1 saturated heterocycles. The Labute approximate surface area is 166 Å². The molecule has 7 nitrogen and oxygen atoms in total. The van der Waals surface area contributed by atoms with Crippen LogP contribution in [0.2, 0.25) is 0 Å². The fourth-order valence-corrected chi connectivity index (χ4v) is 3.59. The molecule has 2 amide bonds. The van der Waals surface area contributed by atoms with E-state index in [0.29, 0.717) is 38.9 Å². The molecule has 2 rings (SSSR count). The van der Waals surface area contributed by atoms with E-state index in [-0.39, 0.29) is 36.2 Å². The van der Waals surface area contributed by atoms with Crippen molar-refractivity contribution in [1.29, 1.82) is 0 Å². The molecular weight excluding hydrogens is 358 g/mol. The Balaban J connectivity index is 1.93. The number of methoxy groups -OCH3 is 1. The van der Waals surface area contributed by atoms with E-state index < -0.39 is 0 Å². The van der Waals surface area contributed by atoms with Crippen molar-refractivity contribution in [2.45, 2.75) is 44.6 Å². The summed E-state index contributed by atoms with van der Waals surface area (Å²) >= 11 is 0. The maximum Gasteiger partial charge on any atom is 0.306 e. The van der Waals surface area contributed by atoms with Crippen LogP contribution in [0.15, 0.2) is 30.3 Å². The summed E-state index contributed by atoms with van der Waals surface area (Å²) in [7, 11) is 1.33. The third kappa shape index (κ3) is 6.64. The van der Waals surface area contributed by atoms with Gasteiger partial charge in [0.05, 0.1) is 19.4 Å². The van der Waals surface area contributed by atoms with Gasteiger partial charge < -0.3 is 20.7 Å². The van der Waals surface area contributed by atoms with Crippen LogP contribution in [0.1, 0.15) is 37.7 Å². The number of benzene rings is 1. The van der Waals surface area contributed by atoms with Gasteiger partial charge in [-0.25, -0.2) is 0 Å². The zero-order valence-corrected chi connectivity index (χ0v) is 16.6. The molecule has 0 saturated carbocycles. The Bertz CT molecular complexity index is 650. The van der Waals surface area contributed by atoms with Gasteiger partial charge in [0.1, 0.15) is 0 Å². The molecule has 0 radical (unpaired) electrons. The molecule has 2 atom stereocenters. The summed E-state index contributed by atoms with van der Waals surface area (Å²) in [5, 5.41) is 2.90. The molecule has 1 fully saturated rings. The number of nitrogens with two attached hydrogens (primary N) is 1. The van der Waals surface area contributed by atoms with Gasteiger partial charge in [-0.05, 0) is 37.8 Å². The number of hydrogen-bond acceptors (Lipinski definition) is 5. The van der Waals surface area contributed by atoms with Crippen LogP contribution in [0.5, 0.6) is 0 Å². The van der Waals surface area contributed by atoms with E-state index in [1.807, 2.05) is 23.1 Å². The van der Waals surface area contributed by atoms with E-state index in [2.05, 4.69) is 17.4 Å². The Morgan fingerprint density at radius 2 is 2.00 bits per heavy atom. The summed E-state index contributed by atoms with van der Waals surface area (Å²) < 4.78 is 4.72. The van der Waals surface area contributed by atoms with Crippen LogP contribution >= 0.6 is 0 Å². The maximum absolute atomic E-state index is 12.8. The highest BCUT2D eigenvalue weighted by Crippen LogP contribution is 2.28. The second kappa shape index (κ2) is 11.4. The van der Waals surface area contributed by atoms with Crippen molar-refractivity contribution in [3.8, 4) is 0 Å². The molecule has 7 heteroatoms. The molecule has 1 aliphatic rings. The van der Waals surface area contributed by atoms with Crippen LogP contribution in [0, 0.1) is 5.92 Å². The minimum Gasteiger partial charge on any atom is -0.469 e. The summed E-state index contributed by atoms with van der Waals surface area (Å²) in [6, 6.07) is 10.0. The Kier molecular flexibility index (Phi) is 8.94. The molecule has 0 spiro atoms. The molecular formula is C21H31N3O4. The number of esters is 1. The molecule has 28 heavy (non-hydrogen) atoms. The number of carbonyl (C=O) groups is 3. The summed E-state index contributed by atoms with van der Waals surface area (Å²) in [5.41, 5.74) is 6.67. The van der Waals surface area contributed by atoms with Gasteiger partial charge >= 0.3 is 5.97 Å². The molecule has 1 aromatic rings. The van der Waals surface area contributed by atoms with Crippen LogP contribution in [0.4, 0.5) is 0 Å². The number of nitrogens with one attached hydrogen (secondary N) is 1. The van der Waals surface area contributed by atoms with E-state index in [4.69, 9.17) is 10.5 Å². The molecule has 0 aliphatic carbocycles. The molecule has 1 aromatic carbocycles. The number of carbonyl (C=O) groups excluding carboxylic acids is 3. The van der Waals surface area contributed by atoms with E-state index in [1.165, 1.54) is 12.7 Å². The minimum atomic E-state index is -0.380. The number of likely N-dealkylation sites (tertiary alicyclic amines) is 1. The van der Waals surface area contributed by atoms with E-state index in [9.17, 15) is 14.4 Å². The van der Waals surface area contributed by atoms with Crippen LogP contribution in [-0.2, 0) is 25.5 Å². The van der Waals surface area contributed by atoms with Gasteiger partial charge in [-0.2, -0.15) is 0 Å². The number of rotatable bonds is 11. The Morgan fingerprint density at radius 3 is 2.68 bits per heavy atom. The smallest absolute Gasteiger partial charge is 0.306 e. The number of hydrogen-bond donors (Lipinski definition) is 2. The second-order valence-electron chi connectivity index (χ2n) is 7.18. The van der Waals surface area contributed by atoms with Crippen molar-refractivity contribution < 1.29 is 19.1 Å². The number of amides is 2. The number of aryl methyl sites for hydroxylation is 1. The van der Waals surface area contributed by atoms with Gasteiger partial charge in [0.25, 0.3) is 0 Å². The first-order valence-corrected chi connectivity index (χ1v) is 9.93. The average molecular weight is 389 g/mol. The van der Waals surface area contributed by atoms with Crippen molar-refractivity contribution in [2.24, 2.45) is 11.7 Å². The standard InChI is InChI=1S/C21H31N3O4/c1-28-20(26)14-17-13-18(15-23-19(25)10-5-11-22)24(21(17)27)12-6-9-16-7-3-2-4-8-16/h2-4,7-8,17-18H,5-6,9-15,22H2,1H3,(H,23,25)/t17-,18-/m0/s1. The van der Waals surface area contributed by atoms with Gasteiger partial charge in [0, 0.05) is 25.6 Å². The van der Waals surface area contributed by atoms with Crippen molar-refractivity contribution in [3.05, 3.63) is 35.9 Å². The monoisotopic (exact) mass is 389 g/mol. The molecule has 0 unspecified atom stereocenters. The molecule has 1 heterocycles. The first kappa shape index (κ1) is 21.9. The summed E-state index contributed by atoms with van der Waals surface area (Å²) in [5.74, 6) is -0.844. The zero-order valence-electron chi connectivity index (χ0n) is 16.6. The zero-order chi connectivity index (χ0) is 20.4. The van der Waals surface area contributed by atoms with Gasteiger partial charge in [-0.15, -0.1) is 0 Å². The third-order valence-corrected chi connectivity index (χ3v) is 5.12. The minimum absolute atomic E-state index is 0.0281. The van der Waals surface area contributed by atoms with E-state index >= 15 is 0 Å². The van der Waals surface area contributed by atoms with Crippen LogP contribution in [0.25, 0.3) is 0 Å². The van der Waals surface area contributed by atoms with Gasteiger partial charge in [0.2, 0.25) is 11.8 Å². The summed E-state index contributed by atoms with van der Waals surface area (Å²) in [6.07, 6.45) is 3.37. The largest absolute Gasteiger partial charge is 0.469 e. The quantitative estimate of drug-likeness (QED) is 0.555. The summed E-state index contributed by atoms with van der Waals surface area (Å²) in [4.78, 5) is 38.2. The van der Waals surface area contributed by atoms with Gasteiger partial charge in [-0.3, -0.25) is 14.4 Å². The van der Waals surface area contributed by atoms with E-state index in [1.54, 1.807) is 0 Å². The topological polar surface area (TPSA) is 102 Å². The lowest BCUT2D eigenvalue weighted by molar-refractivity contribution is -0.144. The fraction of sp³-hybridized carbons (Fsp3) is 0.571. The first-order valence-electron chi connectivity index (χ1n) is 9.93. The van der Waals surface area contributed by atoms with Crippen molar-refractivity contribution in [3.63, 3.8) is 0 Å². The summed E-state index contributed by atoms with van der Waals surface area (Å²) in [6.45, 7) is 1.48. The Morgan fingerprint density at radius 1 is 1.25 bits per heavy atom. The van der Waals surface area contributed by atoms with Crippen LogP contribution < -0.4 is 11.1 Å². The lowest BCUT2D eigenvalue weighted by Gasteiger charge is -2.25. The van der Waals surface area contributed by atoms with E-state index in [0.717, 1.165) is 12.8 Å². The molecule has 3 N–H and O–H groups in total. The highest BCUT2D eigenvalue weighted by molar-refractivity contribution is 5.86. The number of nitrogens with zero attached hydrogens (tertiary/aromatic N) is 1. The Hall–Kier alpha value is -2.41. The number of ether oxygens (including phenoxy) is 1. The van der Waals surface area contributed by atoms with Crippen molar-refractivity contribution in [2.75, 3.05) is 26.7 Å². The van der Waals surface area contributed by atoms with Crippen molar-refractivity contribution >= 4 is 17.8 Å². The fourth-order valence-electron chi connectivity index (χ4n) is 3.59. The predicted octanol–water partition coefficient (Wildman–Crippen LogP) is 1.25. The lowest BCUT2D eigenvalue weighted by Crippen LogP contribution is -2.42. The highest BCUT2D eigenvalue weighted by Gasteiger charge is 2.40. The van der Waals surface area contributed by atoms with Crippen LogP contribution in [-0.4, -0.2) is 55.5 Å². The molecule has 154 valence electrons. The average Bonchev–Trinajstić information content (AvgIpc) is 3.00. The normalized spacial score (nSPS) is 18.9. The maximum atomic E-state index is 12.8. The third-order valence-electron chi connectivity index (χ3n) is 5.12. The molecule has 0 bridgehead atoms. The van der Waals surface area contributed by atoms with Gasteiger partial charge in [-0.1, -0.05) is 30.3 Å². The SMILES string of the molecule is COC(=O)C[C@@H]1C[C@@H](CNC(=O)CCCN)N(CCCc2ccccc2)C1=O. The second-order valence-corrected chi connectivity index (χ2v) is 7.18. The van der Waals surface area contributed by atoms with Gasteiger partial charge in [0.15, 0.2) is 0 Å². The van der Waals surface area contributed by atoms with Crippen molar-refractivity contribution in [1.82, 2.24) is 10.2 Å². The predicted molar refractivity (Wildman–Crippen MR) is 106 cm³/mol. The van der Waals surface area contributed by atoms with Crippen LogP contribution in [0.3, 0.4) is 0 Å². The first-order chi connectivity index (χ1) is 13.5. The highest BCUT2D eigenvalue weighted by atomic mass is 16.5.